The van der Waals surface area contributed by atoms with Crippen LogP contribution in [0, 0.1) is 0 Å². The number of hydrogen-bond acceptors (Lipinski definition) is 2. The van der Waals surface area contributed by atoms with Crippen LogP contribution < -0.4 is 0 Å². The summed E-state index contributed by atoms with van der Waals surface area (Å²) in [5.41, 5.74) is 0. The van der Waals surface area contributed by atoms with E-state index in [-0.39, 0.29) is 11.9 Å². The molecule has 1 amide bonds. The van der Waals surface area contributed by atoms with Crippen molar-refractivity contribution in [2.45, 2.75) is 19.9 Å². The minimum atomic E-state index is -1.60. The Balaban J connectivity index is 2.75. The van der Waals surface area contributed by atoms with Crippen LogP contribution in [0.5, 0.6) is 0 Å². The first-order chi connectivity index (χ1) is 5.04. The van der Waals surface area contributed by atoms with Gasteiger partial charge in [-0.2, -0.15) is 0 Å². The van der Waals surface area contributed by atoms with Gasteiger partial charge in [0.1, 0.15) is 6.54 Å². The van der Waals surface area contributed by atoms with E-state index in [4.69, 9.17) is 0 Å². The Bertz CT molecular complexity index is 205. The van der Waals surface area contributed by atoms with E-state index in [1.807, 2.05) is 13.8 Å². The molecule has 1 aliphatic rings. The summed E-state index contributed by atoms with van der Waals surface area (Å²) in [4.78, 5) is 11.0. The minimum absolute atomic E-state index is 0.0557. The highest BCUT2D eigenvalue weighted by Crippen LogP contribution is 2.37. The van der Waals surface area contributed by atoms with E-state index in [2.05, 4.69) is 0 Å². The molecule has 5 heteroatoms. The maximum absolute atomic E-state index is 11.3. The summed E-state index contributed by atoms with van der Waals surface area (Å²) in [6.07, 6.45) is 0. The normalized spacial score (nSPS) is 23.8. The van der Waals surface area contributed by atoms with E-state index >= 15 is 0 Å². The Morgan fingerprint density at radius 2 is 2.09 bits per heavy atom. The van der Waals surface area contributed by atoms with Gasteiger partial charge in [-0.15, -0.1) is 4.67 Å². The molecule has 1 atom stereocenters. The largest absolute Gasteiger partial charge is 0.569 e. The molecule has 0 aromatic rings. The predicted molar refractivity (Wildman–Crippen MR) is 42.2 cm³/mol. The molecule has 0 aliphatic carbocycles. The zero-order valence-corrected chi connectivity index (χ0v) is 7.84. The third kappa shape index (κ3) is 1.42. The molecule has 1 rings (SSSR count). The lowest BCUT2D eigenvalue weighted by molar-refractivity contribution is -0.124. The van der Waals surface area contributed by atoms with Gasteiger partial charge in [-0.1, -0.05) is 4.67 Å². The third-order valence-corrected chi connectivity index (χ3v) is 3.51. The second kappa shape index (κ2) is 2.88. The number of carbonyl (C=O) groups excluding carboxylic acids is 1. The number of nitrogens with zero attached hydrogens (tertiary/aromatic N) is 2. The Hall–Kier alpha value is -0.470. The fourth-order valence-corrected chi connectivity index (χ4v) is 2.19. The van der Waals surface area contributed by atoms with E-state index < -0.39 is 8.10 Å². The first-order valence-electron chi connectivity index (χ1n) is 3.54. The predicted octanol–water partition coefficient (Wildman–Crippen LogP) is 0.826. The fourth-order valence-electron chi connectivity index (χ4n) is 0.949. The zero-order chi connectivity index (χ0) is 8.59. The first-order valence-corrected chi connectivity index (χ1v) is 4.71. The number of carbonyl (C=O) groups is 1. The fraction of sp³-hybridized carbons (Fsp3) is 0.833. The smallest absolute Gasteiger partial charge is 0.269 e. The van der Waals surface area contributed by atoms with Crippen molar-refractivity contribution < 1.29 is 9.36 Å². The van der Waals surface area contributed by atoms with Gasteiger partial charge < -0.3 is 0 Å². The Kier molecular flexibility index (Phi) is 2.25. The molecule has 0 spiro atoms. The molecule has 0 bridgehead atoms. The lowest BCUT2D eigenvalue weighted by atomic mass is 10.4. The van der Waals surface area contributed by atoms with Crippen molar-refractivity contribution in [3.05, 3.63) is 0 Å². The van der Waals surface area contributed by atoms with Gasteiger partial charge in [0.15, 0.2) is 0 Å². The Morgan fingerprint density at radius 3 is 2.27 bits per heavy atom. The van der Waals surface area contributed by atoms with Gasteiger partial charge in [-0.3, -0.25) is 4.79 Å². The lowest BCUT2D eigenvalue weighted by Crippen LogP contribution is -2.23. The van der Waals surface area contributed by atoms with Crippen molar-refractivity contribution in [2.75, 3.05) is 13.6 Å². The van der Waals surface area contributed by atoms with Crippen molar-refractivity contribution in [3.8, 4) is 0 Å². The van der Waals surface area contributed by atoms with Crippen molar-refractivity contribution >= 4 is 14.0 Å². The molecule has 11 heavy (non-hydrogen) atoms. The molecule has 1 fully saturated rings. The monoisotopic (exact) mass is 175 g/mol. The van der Waals surface area contributed by atoms with Crippen LogP contribution in [-0.2, 0) is 9.36 Å². The molecule has 0 aromatic heterocycles. The standard InChI is InChI=1S/C6H12N2O2P/c1-5(2)8-4-6(9)7(3)11(8)10/h5H,4H2,1-3H3/q+1. The molecule has 1 heterocycles. The second-order valence-corrected chi connectivity index (χ2v) is 4.48. The van der Waals surface area contributed by atoms with Crippen molar-refractivity contribution in [3.63, 3.8) is 0 Å². The topological polar surface area (TPSA) is 40.6 Å². The van der Waals surface area contributed by atoms with Crippen LogP contribution in [0.4, 0.5) is 0 Å². The average molecular weight is 175 g/mol. The SMILES string of the molecule is CC(C)N1CC(=O)N(C)[P+]1=O. The summed E-state index contributed by atoms with van der Waals surface area (Å²) in [7, 11) is -0.0285. The van der Waals surface area contributed by atoms with Gasteiger partial charge in [0.25, 0.3) is 5.91 Å². The van der Waals surface area contributed by atoms with Gasteiger partial charge in [0, 0.05) is 0 Å². The van der Waals surface area contributed by atoms with E-state index in [1.54, 1.807) is 11.7 Å². The maximum atomic E-state index is 11.3. The quantitative estimate of drug-likeness (QED) is 0.554. The number of amides is 1. The van der Waals surface area contributed by atoms with Gasteiger partial charge >= 0.3 is 8.10 Å². The van der Waals surface area contributed by atoms with Gasteiger partial charge in [0.05, 0.1) is 13.1 Å². The summed E-state index contributed by atoms with van der Waals surface area (Å²) in [6.45, 7) is 4.16. The second-order valence-electron chi connectivity index (χ2n) is 2.86. The van der Waals surface area contributed by atoms with Crippen LogP contribution in [0.1, 0.15) is 13.8 Å². The Morgan fingerprint density at radius 1 is 1.55 bits per heavy atom. The molecule has 1 aliphatic heterocycles. The van der Waals surface area contributed by atoms with Crippen LogP contribution in [0.2, 0.25) is 0 Å². The number of likely N-dealkylation sites (N-methyl/N-ethyl adjacent to an activating group) is 1. The van der Waals surface area contributed by atoms with Crippen LogP contribution in [-0.4, -0.2) is 34.9 Å². The van der Waals surface area contributed by atoms with Crippen LogP contribution in [0.3, 0.4) is 0 Å². The molecular formula is C6H12N2O2P+. The molecule has 0 N–H and O–H groups in total. The van der Waals surface area contributed by atoms with E-state index in [0.717, 1.165) is 0 Å². The molecule has 0 aromatic carbocycles. The van der Waals surface area contributed by atoms with Crippen molar-refractivity contribution in [1.29, 1.82) is 0 Å². The molecule has 4 nitrogen and oxygen atoms in total. The highest BCUT2D eigenvalue weighted by molar-refractivity contribution is 7.41. The summed E-state index contributed by atoms with van der Waals surface area (Å²) in [6, 6.07) is 0.174. The summed E-state index contributed by atoms with van der Waals surface area (Å²) >= 11 is 0. The molecule has 0 saturated carbocycles. The Labute approximate surface area is 67.1 Å². The van der Waals surface area contributed by atoms with Crippen molar-refractivity contribution in [1.82, 2.24) is 9.34 Å². The molecule has 0 radical (unpaired) electrons. The highest BCUT2D eigenvalue weighted by Gasteiger charge is 2.47. The summed E-state index contributed by atoms with van der Waals surface area (Å²) in [5.74, 6) is -0.0557. The number of rotatable bonds is 1. The van der Waals surface area contributed by atoms with Crippen molar-refractivity contribution in [2.24, 2.45) is 0 Å². The zero-order valence-electron chi connectivity index (χ0n) is 6.94. The van der Waals surface area contributed by atoms with E-state index in [0.29, 0.717) is 6.54 Å². The molecule has 1 saturated heterocycles. The molecule has 62 valence electrons. The lowest BCUT2D eigenvalue weighted by Gasteiger charge is -2.04. The molecule has 1 unspecified atom stereocenters. The van der Waals surface area contributed by atoms with E-state index in [1.165, 1.54) is 4.67 Å². The highest BCUT2D eigenvalue weighted by atomic mass is 31.1. The van der Waals surface area contributed by atoms with Gasteiger partial charge in [-0.25, -0.2) is 0 Å². The maximum Gasteiger partial charge on any atom is 0.569 e. The number of hydrogen-bond donors (Lipinski definition) is 0. The van der Waals surface area contributed by atoms with Gasteiger partial charge in [-0.05, 0) is 18.4 Å². The van der Waals surface area contributed by atoms with Gasteiger partial charge in [0.2, 0.25) is 0 Å². The van der Waals surface area contributed by atoms with Crippen LogP contribution in [0.15, 0.2) is 0 Å². The molecular weight excluding hydrogens is 163 g/mol. The van der Waals surface area contributed by atoms with Crippen LogP contribution in [0.25, 0.3) is 0 Å². The minimum Gasteiger partial charge on any atom is -0.269 e. The average Bonchev–Trinajstić information content (AvgIpc) is 2.17. The first kappa shape index (κ1) is 8.62. The summed E-state index contributed by atoms with van der Waals surface area (Å²) in [5, 5.41) is 0. The van der Waals surface area contributed by atoms with Crippen LogP contribution >= 0.6 is 8.10 Å². The van der Waals surface area contributed by atoms with E-state index in [9.17, 15) is 9.36 Å². The summed E-state index contributed by atoms with van der Waals surface area (Å²) < 4.78 is 14.3. The third-order valence-electron chi connectivity index (χ3n) is 1.73.